The van der Waals surface area contributed by atoms with Crippen LogP contribution in [0.1, 0.15) is 44.6 Å². The third-order valence-corrected chi connectivity index (χ3v) is 7.69. The van der Waals surface area contributed by atoms with Crippen molar-refractivity contribution in [1.82, 2.24) is 9.80 Å². The van der Waals surface area contributed by atoms with Crippen LogP contribution in [0.15, 0.2) is 24.3 Å². The smallest absolute Gasteiger partial charge is 0.246 e. The largest absolute Gasteiger partial charge is 0.372 e. The van der Waals surface area contributed by atoms with Gasteiger partial charge in [-0.3, -0.25) is 9.59 Å². The second-order valence-electron chi connectivity index (χ2n) is 8.17. The van der Waals surface area contributed by atoms with E-state index < -0.39 is 0 Å². The van der Waals surface area contributed by atoms with Gasteiger partial charge in [0.05, 0.1) is 4.87 Å². The van der Waals surface area contributed by atoms with Crippen LogP contribution in [0.3, 0.4) is 0 Å². The SMILES string of the molecule is CN(Cc1ccc(N2CCCCC2)cc1)C(=O)[C@@H]1CS[C@@]2(C)CCC(=O)N12. The van der Waals surface area contributed by atoms with E-state index in [1.165, 1.54) is 24.9 Å². The zero-order valence-corrected chi connectivity index (χ0v) is 17.1. The Balaban J connectivity index is 1.39. The van der Waals surface area contributed by atoms with Crippen molar-refractivity contribution in [3.63, 3.8) is 0 Å². The summed E-state index contributed by atoms with van der Waals surface area (Å²) in [4.78, 5) is 31.2. The van der Waals surface area contributed by atoms with Crippen LogP contribution in [0.4, 0.5) is 5.69 Å². The molecule has 27 heavy (non-hydrogen) atoms. The molecule has 1 aromatic carbocycles. The molecule has 5 nitrogen and oxygen atoms in total. The number of likely N-dealkylation sites (N-methyl/N-ethyl adjacent to an activating group) is 1. The van der Waals surface area contributed by atoms with Crippen molar-refractivity contribution in [3.8, 4) is 0 Å². The molecule has 0 N–H and O–H groups in total. The van der Waals surface area contributed by atoms with Crippen LogP contribution >= 0.6 is 11.8 Å². The Morgan fingerprint density at radius 2 is 1.93 bits per heavy atom. The quantitative estimate of drug-likeness (QED) is 0.796. The fraction of sp³-hybridized carbons (Fsp3) is 0.619. The number of hydrogen-bond donors (Lipinski definition) is 0. The summed E-state index contributed by atoms with van der Waals surface area (Å²) in [5.41, 5.74) is 2.41. The molecular formula is C21H29N3O2S. The predicted octanol–water partition coefficient (Wildman–Crippen LogP) is 3.09. The van der Waals surface area contributed by atoms with Gasteiger partial charge in [0.25, 0.3) is 0 Å². The lowest BCUT2D eigenvalue weighted by atomic mass is 10.1. The van der Waals surface area contributed by atoms with Crippen molar-refractivity contribution in [2.45, 2.75) is 56.5 Å². The standard InChI is InChI=1S/C21H29N3O2S/c1-21-11-10-19(25)24(21)18(15-27-21)20(26)22(2)14-16-6-8-17(9-7-16)23-12-4-3-5-13-23/h6-9,18H,3-5,10-15H2,1-2H3/t18-,21-/m0/s1. The number of thioether (sulfide) groups is 1. The maximum absolute atomic E-state index is 13.0. The van der Waals surface area contributed by atoms with Crippen molar-refractivity contribution in [2.24, 2.45) is 0 Å². The van der Waals surface area contributed by atoms with E-state index >= 15 is 0 Å². The average molecular weight is 388 g/mol. The number of rotatable bonds is 4. The lowest BCUT2D eigenvalue weighted by molar-refractivity contribution is -0.143. The zero-order valence-electron chi connectivity index (χ0n) is 16.3. The number of carbonyl (C=O) groups excluding carboxylic acids is 2. The summed E-state index contributed by atoms with van der Waals surface area (Å²) < 4.78 is 0. The van der Waals surface area contributed by atoms with E-state index in [2.05, 4.69) is 36.1 Å². The Hall–Kier alpha value is -1.69. The molecule has 0 unspecified atom stereocenters. The Morgan fingerprint density at radius 1 is 1.22 bits per heavy atom. The number of nitrogens with zero attached hydrogens (tertiary/aromatic N) is 3. The van der Waals surface area contributed by atoms with Crippen molar-refractivity contribution < 1.29 is 9.59 Å². The minimum absolute atomic E-state index is 0.0570. The molecule has 3 aliphatic rings. The molecule has 3 saturated heterocycles. The highest BCUT2D eigenvalue weighted by molar-refractivity contribution is 8.01. The van der Waals surface area contributed by atoms with Crippen LogP contribution in [0.2, 0.25) is 0 Å². The van der Waals surface area contributed by atoms with E-state index in [-0.39, 0.29) is 22.7 Å². The first-order chi connectivity index (χ1) is 13.0. The van der Waals surface area contributed by atoms with Crippen LogP contribution in [-0.4, -0.2) is 58.4 Å². The van der Waals surface area contributed by atoms with Crippen molar-refractivity contribution in [1.29, 1.82) is 0 Å². The van der Waals surface area contributed by atoms with Gasteiger partial charge in [0.2, 0.25) is 11.8 Å². The summed E-state index contributed by atoms with van der Waals surface area (Å²) in [5.74, 6) is 0.890. The summed E-state index contributed by atoms with van der Waals surface area (Å²) in [6, 6.07) is 8.29. The Morgan fingerprint density at radius 3 is 2.63 bits per heavy atom. The Labute approximate surface area is 166 Å². The van der Waals surface area contributed by atoms with Crippen molar-refractivity contribution >= 4 is 29.3 Å². The van der Waals surface area contributed by atoms with Gasteiger partial charge in [-0.25, -0.2) is 0 Å². The number of carbonyl (C=O) groups is 2. The molecule has 146 valence electrons. The van der Waals surface area contributed by atoms with Crippen molar-refractivity contribution in [2.75, 3.05) is 30.8 Å². The highest BCUT2D eigenvalue weighted by Crippen LogP contribution is 2.47. The molecule has 0 aromatic heterocycles. The molecule has 0 aliphatic carbocycles. The van der Waals surface area contributed by atoms with Crippen LogP contribution in [0.5, 0.6) is 0 Å². The van der Waals surface area contributed by atoms with Gasteiger partial charge in [0.1, 0.15) is 6.04 Å². The van der Waals surface area contributed by atoms with E-state index in [0.717, 1.165) is 25.1 Å². The van der Waals surface area contributed by atoms with Gasteiger partial charge in [-0.2, -0.15) is 0 Å². The topological polar surface area (TPSA) is 43.9 Å². The van der Waals surface area contributed by atoms with E-state index in [1.807, 2.05) is 11.9 Å². The van der Waals surface area contributed by atoms with E-state index in [1.54, 1.807) is 16.7 Å². The summed E-state index contributed by atoms with van der Waals surface area (Å²) >= 11 is 1.75. The van der Waals surface area contributed by atoms with E-state index in [9.17, 15) is 9.59 Å². The van der Waals surface area contributed by atoms with E-state index in [4.69, 9.17) is 0 Å². The van der Waals surface area contributed by atoms with Crippen molar-refractivity contribution in [3.05, 3.63) is 29.8 Å². The normalized spacial score (nSPS) is 27.8. The van der Waals surface area contributed by atoms with E-state index in [0.29, 0.717) is 18.7 Å². The fourth-order valence-corrected chi connectivity index (χ4v) is 6.00. The van der Waals surface area contributed by atoms with Crippen LogP contribution in [0.25, 0.3) is 0 Å². The average Bonchev–Trinajstić information content (AvgIpc) is 3.18. The number of piperidine rings is 1. The summed E-state index contributed by atoms with van der Waals surface area (Å²) in [6.07, 6.45) is 5.29. The molecule has 3 fully saturated rings. The molecule has 0 bridgehead atoms. The number of hydrogen-bond acceptors (Lipinski definition) is 4. The number of anilines is 1. The van der Waals surface area contributed by atoms with Crippen LogP contribution in [-0.2, 0) is 16.1 Å². The molecular weight excluding hydrogens is 358 g/mol. The number of amides is 2. The summed E-state index contributed by atoms with van der Waals surface area (Å²) in [6.45, 7) is 4.95. The highest BCUT2D eigenvalue weighted by atomic mass is 32.2. The molecule has 1 aromatic rings. The summed E-state index contributed by atoms with van der Waals surface area (Å²) in [5, 5.41) is 0. The lowest BCUT2D eigenvalue weighted by Crippen LogP contribution is -2.50. The maximum atomic E-state index is 13.0. The molecule has 0 spiro atoms. The lowest BCUT2D eigenvalue weighted by Gasteiger charge is -2.32. The molecule has 2 atom stereocenters. The van der Waals surface area contributed by atoms with Gasteiger partial charge in [0.15, 0.2) is 0 Å². The predicted molar refractivity (Wildman–Crippen MR) is 110 cm³/mol. The molecule has 0 saturated carbocycles. The van der Waals surface area contributed by atoms with Crippen LogP contribution < -0.4 is 4.90 Å². The first-order valence-corrected chi connectivity index (χ1v) is 11.0. The molecule has 3 heterocycles. The molecule has 6 heteroatoms. The first-order valence-electron chi connectivity index (χ1n) is 10.0. The van der Waals surface area contributed by atoms with Gasteiger partial charge >= 0.3 is 0 Å². The maximum Gasteiger partial charge on any atom is 0.246 e. The molecule has 2 amide bonds. The molecule has 3 aliphatic heterocycles. The number of fused-ring (bicyclic) bond motifs is 1. The van der Waals surface area contributed by atoms with Gasteiger partial charge in [-0.1, -0.05) is 12.1 Å². The first kappa shape index (κ1) is 18.7. The number of benzene rings is 1. The van der Waals surface area contributed by atoms with Crippen LogP contribution in [0, 0.1) is 0 Å². The minimum Gasteiger partial charge on any atom is -0.372 e. The third kappa shape index (κ3) is 3.56. The highest BCUT2D eigenvalue weighted by Gasteiger charge is 2.53. The van der Waals surface area contributed by atoms with Gasteiger partial charge in [-0.15, -0.1) is 11.8 Å². The van der Waals surface area contributed by atoms with Gasteiger partial charge in [-0.05, 0) is 50.3 Å². The summed E-state index contributed by atoms with van der Waals surface area (Å²) in [7, 11) is 1.85. The fourth-order valence-electron chi connectivity index (χ4n) is 4.57. The third-order valence-electron chi connectivity index (χ3n) is 6.18. The Bertz CT molecular complexity index is 717. The molecule has 0 radical (unpaired) electrons. The minimum atomic E-state index is -0.312. The Kier molecular flexibility index (Phi) is 5.10. The molecule has 4 rings (SSSR count). The van der Waals surface area contributed by atoms with Gasteiger partial charge in [0, 0.05) is 44.5 Å². The second kappa shape index (κ2) is 7.38. The second-order valence-corrected chi connectivity index (χ2v) is 9.68. The zero-order chi connectivity index (χ0) is 19.0. The van der Waals surface area contributed by atoms with Gasteiger partial charge < -0.3 is 14.7 Å². The monoisotopic (exact) mass is 387 g/mol.